The molecule has 0 aliphatic heterocycles. The fraction of sp³-hybridized carbons (Fsp3) is 0.200. The molecular formula is C10H10BrN3S. The van der Waals surface area contributed by atoms with Crippen molar-refractivity contribution in [1.82, 2.24) is 9.97 Å². The molecule has 0 saturated heterocycles. The Morgan fingerprint density at radius 2 is 2.13 bits per heavy atom. The molecule has 0 radical (unpaired) electrons. The second kappa shape index (κ2) is 4.28. The number of thiophene rings is 1. The lowest BCUT2D eigenvalue weighted by Crippen LogP contribution is -1.98. The van der Waals surface area contributed by atoms with E-state index >= 15 is 0 Å². The summed E-state index contributed by atoms with van der Waals surface area (Å²) in [5.74, 6) is 0.662. The zero-order valence-corrected chi connectivity index (χ0v) is 10.8. The van der Waals surface area contributed by atoms with Gasteiger partial charge in [0.25, 0.3) is 0 Å². The summed E-state index contributed by atoms with van der Waals surface area (Å²) in [7, 11) is 1.82. The smallest absolute Gasteiger partial charge is 0.223 e. The van der Waals surface area contributed by atoms with Crippen LogP contribution in [0.2, 0.25) is 0 Å². The first-order valence-corrected chi connectivity index (χ1v) is 6.09. The predicted molar refractivity (Wildman–Crippen MR) is 67.3 cm³/mol. The molecule has 0 aromatic carbocycles. The van der Waals surface area contributed by atoms with Crippen LogP contribution >= 0.6 is 27.3 Å². The number of aromatic nitrogens is 2. The highest BCUT2D eigenvalue weighted by Crippen LogP contribution is 2.30. The quantitative estimate of drug-likeness (QED) is 0.919. The van der Waals surface area contributed by atoms with Gasteiger partial charge >= 0.3 is 0 Å². The van der Waals surface area contributed by atoms with Gasteiger partial charge in [0.15, 0.2) is 0 Å². The van der Waals surface area contributed by atoms with Gasteiger partial charge in [-0.05, 0) is 41.1 Å². The summed E-state index contributed by atoms with van der Waals surface area (Å²) in [5.41, 5.74) is 1.93. The van der Waals surface area contributed by atoms with Crippen molar-refractivity contribution in [1.29, 1.82) is 0 Å². The number of nitrogens with one attached hydrogen (secondary N) is 1. The van der Waals surface area contributed by atoms with E-state index in [0.717, 1.165) is 20.1 Å². The summed E-state index contributed by atoms with van der Waals surface area (Å²) in [4.78, 5) is 9.80. The first kappa shape index (κ1) is 10.6. The van der Waals surface area contributed by atoms with Crippen LogP contribution in [0, 0.1) is 6.92 Å². The molecule has 0 saturated carbocycles. The van der Waals surface area contributed by atoms with Crippen molar-refractivity contribution in [2.24, 2.45) is 0 Å². The molecule has 0 aliphatic carbocycles. The third-order valence-electron chi connectivity index (χ3n) is 1.90. The molecule has 15 heavy (non-hydrogen) atoms. The van der Waals surface area contributed by atoms with Gasteiger partial charge in [-0.25, -0.2) is 9.97 Å². The Balaban J connectivity index is 2.48. The Morgan fingerprint density at radius 1 is 1.33 bits per heavy atom. The summed E-state index contributed by atoms with van der Waals surface area (Å²) in [6, 6.07) is 6.06. The van der Waals surface area contributed by atoms with Crippen LogP contribution in [0.3, 0.4) is 0 Å². The molecule has 2 aromatic rings. The Labute approximate surface area is 101 Å². The minimum absolute atomic E-state index is 0.662. The molecule has 0 amide bonds. The van der Waals surface area contributed by atoms with Crippen LogP contribution < -0.4 is 5.32 Å². The number of anilines is 1. The van der Waals surface area contributed by atoms with E-state index in [-0.39, 0.29) is 0 Å². The summed E-state index contributed by atoms with van der Waals surface area (Å²) in [6.45, 7) is 1.97. The van der Waals surface area contributed by atoms with Crippen LogP contribution in [0.25, 0.3) is 10.6 Å². The number of hydrogen-bond acceptors (Lipinski definition) is 4. The molecule has 2 heterocycles. The van der Waals surface area contributed by atoms with E-state index in [4.69, 9.17) is 0 Å². The first-order valence-electron chi connectivity index (χ1n) is 4.48. The van der Waals surface area contributed by atoms with Crippen molar-refractivity contribution in [2.45, 2.75) is 6.92 Å². The standard InChI is InChI=1S/C10H10BrN3S/c1-6-5-7(14-10(12-2)13-6)8-3-4-9(11)15-8/h3-5H,1-2H3,(H,12,13,14). The molecule has 0 aliphatic rings. The third-order valence-corrected chi connectivity index (χ3v) is 3.55. The van der Waals surface area contributed by atoms with Crippen molar-refractivity contribution in [3.8, 4) is 10.6 Å². The number of hydrogen-bond donors (Lipinski definition) is 1. The molecule has 0 atom stereocenters. The topological polar surface area (TPSA) is 37.8 Å². The SMILES string of the molecule is CNc1nc(C)cc(-c2ccc(Br)s2)n1. The van der Waals surface area contributed by atoms with E-state index < -0.39 is 0 Å². The highest BCUT2D eigenvalue weighted by molar-refractivity contribution is 9.11. The fourth-order valence-corrected chi connectivity index (χ4v) is 2.61. The largest absolute Gasteiger partial charge is 0.357 e. The third kappa shape index (κ3) is 2.35. The molecule has 0 fully saturated rings. The average molecular weight is 284 g/mol. The molecule has 2 aromatic heterocycles. The lowest BCUT2D eigenvalue weighted by Gasteiger charge is -2.02. The summed E-state index contributed by atoms with van der Waals surface area (Å²) < 4.78 is 1.11. The number of aryl methyl sites for hydroxylation is 1. The monoisotopic (exact) mass is 283 g/mol. The van der Waals surface area contributed by atoms with Gasteiger partial charge in [0.2, 0.25) is 5.95 Å². The van der Waals surface area contributed by atoms with Crippen LogP contribution in [0.1, 0.15) is 5.69 Å². The van der Waals surface area contributed by atoms with Gasteiger partial charge in [-0.1, -0.05) is 0 Å². The molecule has 0 spiro atoms. The molecule has 0 bridgehead atoms. The number of rotatable bonds is 2. The second-order valence-corrected chi connectivity index (χ2v) is 5.53. The zero-order chi connectivity index (χ0) is 10.8. The van der Waals surface area contributed by atoms with Gasteiger partial charge in [0, 0.05) is 12.7 Å². The van der Waals surface area contributed by atoms with Gasteiger partial charge < -0.3 is 5.32 Å². The molecule has 78 valence electrons. The zero-order valence-electron chi connectivity index (χ0n) is 8.41. The maximum atomic E-state index is 4.40. The van der Waals surface area contributed by atoms with Crippen molar-refractivity contribution >= 4 is 33.2 Å². The highest BCUT2D eigenvalue weighted by atomic mass is 79.9. The molecule has 5 heteroatoms. The van der Waals surface area contributed by atoms with Crippen molar-refractivity contribution < 1.29 is 0 Å². The van der Waals surface area contributed by atoms with E-state index in [1.165, 1.54) is 0 Å². The number of halogens is 1. The lowest BCUT2D eigenvalue weighted by atomic mass is 10.3. The van der Waals surface area contributed by atoms with Crippen LogP contribution in [0.5, 0.6) is 0 Å². The maximum Gasteiger partial charge on any atom is 0.223 e. The molecular weight excluding hydrogens is 274 g/mol. The van der Waals surface area contributed by atoms with Gasteiger partial charge in [0.1, 0.15) is 0 Å². The fourth-order valence-electron chi connectivity index (χ4n) is 1.26. The highest BCUT2D eigenvalue weighted by Gasteiger charge is 2.05. The Kier molecular flexibility index (Phi) is 3.02. The van der Waals surface area contributed by atoms with Crippen LogP contribution in [-0.2, 0) is 0 Å². The van der Waals surface area contributed by atoms with Gasteiger partial charge in [0.05, 0.1) is 14.4 Å². The molecule has 2 rings (SSSR count). The van der Waals surface area contributed by atoms with Crippen molar-refractivity contribution in [3.63, 3.8) is 0 Å². The molecule has 1 N–H and O–H groups in total. The van der Waals surface area contributed by atoms with E-state index in [2.05, 4.69) is 37.3 Å². The van der Waals surface area contributed by atoms with Gasteiger partial charge in [-0.15, -0.1) is 11.3 Å². The Hall–Kier alpha value is -0.940. The van der Waals surface area contributed by atoms with E-state index in [0.29, 0.717) is 5.95 Å². The molecule has 3 nitrogen and oxygen atoms in total. The predicted octanol–water partition coefficient (Wildman–Crippen LogP) is 3.32. The van der Waals surface area contributed by atoms with E-state index in [1.54, 1.807) is 11.3 Å². The maximum absolute atomic E-state index is 4.40. The Morgan fingerprint density at radius 3 is 2.73 bits per heavy atom. The number of nitrogens with zero attached hydrogens (tertiary/aromatic N) is 2. The summed E-state index contributed by atoms with van der Waals surface area (Å²) >= 11 is 5.11. The van der Waals surface area contributed by atoms with E-state index in [1.807, 2.05) is 26.1 Å². The van der Waals surface area contributed by atoms with Crippen LogP contribution in [-0.4, -0.2) is 17.0 Å². The normalized spacial score (nSPS) is 10.3. The second-order valence-electron chi connectivity index (χ2n) is 3.07. The lowest BCUT2D eigenvalue weighted by molar-refractivity contribution is 1.10. The van der Waals surface area contributed by atoms with Gasteiger partial charge in [-0.3, -0.25) is 0 Å². The minimum atomic E-state index is 0.662. The summed E-state index contributed by atoms with van der Waals surface area (Å²) in [6.07, 6.45) is 0. The van der Waals surface area contributed by atoms with Crippen LogP contribution in [0.4, 0.5) is 5.95 Å². The Bertz CT molecular complexity index is 481. The van der Waals surface area contributed by atoms with E-state index in [9.17, 15) is 0 Å². The average Bonchev–Trinajstić information content (AvgIpc) is 2.64. The minimum Gasteiger partial charge on any atom is -0.357 e. The van der Waals surface area contributed by atoms with Gasteiger partial charge in [-0.2, -0.15) is 0 Å². The first-order chi connectivity index (χ1) is 7.19. The van der Waals surface area contributed by atoms with Crippen molar-refractivity contribution in [2.75, 3.05) is 12.4 Å². The van der Waals surface area contributed by atoms with Crippen LogP contribution in [0.15, 0.2) is 22.0 Å². The van der Waals surface area contributed by atoms with Crippen molar-refractivity contribution in [3.05, 3.63) is 27.7 Å². The summed E-state index contributed by atoms with van der Waals surface area (Å²) in [5, 5.41) is 2.96. The molecule has 0 unspecified atom stereocenters.